The molecular formula is C29H48N2O5Si. The molecule has 0 N–H and O–H groups in total. The van der Waals surface area contributed by atoms with Gasteiger partial charge in [0.05, 0.1) is 12.3 Å². The van der Waals surface area contributed by atoms with Crippen LogP contribution in [-0.4, -0.2) is 52.1 Å². The van der Waals surface area contributed by atoms with E-state index < -0.39 is 13.9 Å². The molecule has 0 aliphatic heterocycles. The first kappa shape index (κ1) is 28.3. The Hall–Kier alpha value is -1.67. The highest BCUT2D eigenvalue weighted by Crippen LogP contribution is 2.69. The lowest BCUT2D eigenvalue weighted by Gasteiger charge is -2.60. The number of carbonyl (C=O) groups is 1. The summed E-state index contributed by atoms with van der Waals surface area (Å²) in [5.74, 6) is 1.88. The Kier molecular flexibility index (Phi) is 7.76. The Morgan fingerprint density at radius 1 is 1.08 bits per heavy atom. The lowest BCUT2D eigenvalue weighted by atomic mass is 9.44. The summed E-state index contributed by atoms with van der Waals surface area (Å²) in [6, 6.07) is 0. The number of ether oxygens (including phenoxy) is 1. The maximum Gasteiger partial charge on any atom is 0.303 e. The molecule has 4 aliphatic carbocycles. The molecule has 7 nitrogen and oxygen atoms in total. The SMILES string of the molecule is CO/N=C1/C=C2[C@@H](C)C[C@@H]3[C@H](CC[C@@]4(C)[C@H]3CC[C@]4(OC(C)=O)/C(CO[Si](C)(C)C)=N/OC)[C@@]2(C)CC1. The molecule has 0 saturated heterocycles. The minimum absolute atomic E-state index is 0.174. The second-order valence-electron chi connectivity index (χ2n) is 13.3. The predicted molar refractivity (Wildman–Crippen MR) is 149 cm³/mol. The van der Waals surface area contributed by atoms with Gasteiger partial charge in [-0.1, -0.05) is 36.7 Å². The summed E-state index contributed by atoms with van der Waals surface area (Å²) in [4.78, 5) is 23.1. The number of hydrogen-bond acceptors (Lipinski definition) is 7. The van der Waals surface area contributed by atoms with Crippen molar-refractivity contribution >= 4 is 25.7 Å². The minimum Gasteiger partial charge on any atom is -0.452 e. The van der Waals surface area contributed by atoms with E-state index in [0.717, 1.165) is 56.4 Å². The van der Waals surface area contributed by atoms with Crippen molar-refractivity contribution in [2.24, 2.45) is 44.8 Å². The molecule has 0 aromatic carbocycles. The van der Waals surface area contributed by atoms with E-state index in [0.29, 0.717) is 30.3 Å². The van der Waals surface area contributed by atoms with Crippen LogP contribution in [0.4, 0.5) is 0 Å². The van der Waals surface area contributed by atoms with Crippen LogP contribution in [0.3, 0.4) is 0 Å². The van der Waals surface area contributed by atoms with Crippen LogP contribution in [0, 0.1) is 34.5 Å². The third-order valence-corrected chi connectivity index (χ3v) is 11.3. The third-order valence-electron chi connectivity index (χ3n) is 10.2. The maximum atomic E-state index is 12.6. The molecule has 0 radical (unpaired) electrons. The van der Waals surface area contributed by atoms with E-state index in [9.17, 15) is 4.79 Å². The predicted octanol–water partition coefficient (Wildman–Crippen LogP) is 6.35. The highest BCUT2D eigenvalue weighted by atomic mass is 28.4. The quantitative estimate of drug-likeness (QED) is 0.165. The van der Waals surface area contributed by atoms with Crippen LogP contribution in [0.25, 0.3) is 0 Å². The van der Waals surface area contributed by atoms with E-state index in [1.54, 1.807) is 19.8 Å². The molecule has 3 saturated carbocycles. The molecule has 8 heteroatoms. The number of oxime groups is 2. The highest BCUT2D eigenvalue weighted by molar-refractivity contribution is 6.69. The first-order valence-corrected chi connectivity index (χ1v) is 17.5. The van der Waals surface area contributed by atoms with Gasteiger partial charge in [0, 0.05) is 12.3 Å². The Labute approximate surface area is 224 Å². The van der Waals surface area contributed by atoms with Gasteiger partial charge >= 0.3 is 5.97 Å². The van der Waals surface area contributed by atoms with Gasteiger partial charge in [0.25, 0.3) is 0 Å². The molecular weight excluding hydrogens is 484 g/mol. The number of rotatable bonds is 7. The van der Waals surface area contributed by atoms with Crippen molar-refractivity contribution in [2.75, 3.05) is 20.8 Å². The second-order valence-corrected chi connectivity index (χ2v) is 17.8. The number of fused-ring (bicyclic) bond motifs is 5. The van der Waals surface area contributed by atoms with E-state index in [4.69, 9.17) is 18.8 Å². The van der Waals surface area contributed by atoms with Gasteiger partial charge in [0.15, 0.2) is 13.9 Å². The zero-order valence-corrected chi connectivity index (χ0v) is 25.5. The molecule has 0 heterocycles. The normalized spacial score (nSPS) is 40.8. The molecule has 7 atom stereocenters. The van der Waals surface area contributed by atoms with Crippen LogP contribution < -0.4 is 0 Å². The van der Waals surface area contributed by atoms with Crippen molar-refractivity contribution in [2.45, 2.75) is 97.9 Å². The van der Waals surface area contributed by atoms with Crippen molar-refractivity contribution in [3.63, 3.8) is 0 Å². The molecule has 4 aliphatic rings. The molecule has 0 unspecified atom stereocenters. The summed E-state index contributed by atoms with van der Waals surface area (Å²) in [7, 11) is 1.38. The molecule has 0 aromatic rings. The summed E-state index contributed by atoms with van der Waals surface area (Å²) < 4.78 is 12.7. The van der Waals surface area contributed by atoms with Crippen LogP contribution in [0.15, 0.2) is 22.0 Å². The topological polar surface area (TPSA) is 78.7 Å². The summed E-state index contributed by atoms with van der Waals surface area (Å²) in [6.07, 6.45) is 9.48. The van der Waals surface area contributed by atoms with Gasteiger partial charge in [-0.3, -0.25) is 4.79 Å². The number of nitrogens with zero attached hydrogens (tertiary/aromatic N) is 2. The fraction of sp³-hybridized carbons (Fsp3) is 0.828. The van der Waals surface area contributed by atoms with E-state index in [1.165, 1.54) is 6.92 Å². The number of hydrogen-bond donors (Lipinski definition) is 0. The molecule has 0 aromatic heterocycles. The van der Waals surface area contributed by atoms with E-state index in [-0.39, 0.29) is 16.8 Å². The van der Waals surface area contributed by atoms with Crippen molar-refractivity contribution in [1.29, 1.82) is 0 Å². The zero-order valence-electron chi connectivity index (χ0n) is 24.5. The summed E-state index contributed by atoms with van der Waals surface area (Å²) >= 11 is 0. The first-order chi connectivity index (χ1) is 17.3. The van der Waals surface area contributed by atoms with Crippen LogP contribution in [0.5, 0.6) is 0 Å². The van der Waals surface area contributed by atoms with Gasteiger partial charge in [-0.15, -0.1) is 0 Å². The van der Waals surface area contributed by atoms with Gasteiger partial charge in [-0.05, 0) is 99.7 Å². The molecule has 0 spiro atoms. The van der Waals surface area contributed by atoms with Crippen molar-refractivity contribution in [3.05, 3.63) is 11.6 Å². The highest BCUT2D eigenvalue weighted by Gasteiger charge is 2.68. The van der Waals surface area contributed by atoms with Gasteiger partial charge in [-0.25, -0.2) is 0 Å². The third kappa shape index (κ3) is 4.81. The largest absolute Gasteiger partial charge is 0.452 e. The molecule has 37 heavy (non-hydrogen) atoms. The molecule has 0 amide bonds. The maximum absolute atomic E-state index is 12.6. The zero-order chi connectivity index (χ0) is 27.2. The van der Waals surface area contributed by atoms with Gasteiger partial charge in [0.1, 0.15) is 19.9 Å². The van der Waals surface area contributed by atoms with E-state index in [2.05, 4.69) is 56.8 Å². The Morgan fingerprint density at radius 2 is 1.78 bits per heavy atom. The van der Waals surface area contributed by atoms with Crippen molar-refractivity contribution in [3.8, 4) is 0 Å². The Balaban J connectivity index is 1.72. The summed E-state index contributed by atoms with van der Waals surface area (Å²) in [5, 5.41) is 8.78. The average Bonchev–Trinajstić information content (AvgIpc) is 3.09. The monoisotopic (exact) mass is 532 g/mol. The average molecular weight is 533 g/mol. The van der Waals surface area contributed by atoms with Gasteiger partial charge < -0.3 is 18.8 Å². The van der Waals surface area contributed by atoms with Crippen molar-refractivity contribution < 1.29 is 23.6 Å². The van der Waals surface area contributed by atoms with Crippen LogP contribution in [0.1, 0.15) is 72.6 Å². The molecule has 208 valence electrons. The van der Waals surface area contributed by atoms with Crippen LogP contribution in [-0.2, 0) is 23.6 Å². The first-order valence-electron chi connectivity index (χ1n) is 14.1. The lowest BCUT2D eigenvalue weighted by molar-refractivity contribution is -0.168. The van der Waals surface area contributed by atoms with Crippen molar-refractivity contribution in [1.82, 2.24) is 0 Å². The molecule has 3 fully saturated rings. The lowest BCUT2D eigenvalue weighted by Crippen LogP contribution is -2.60. The summed E-state index contributed by atoms with van der Waals surface area (Å²) in [5.41, 5.74) is 2.52. The minimum atomic E-state index is -1.82. The second kappa shape index (κ2) is 10.1. The number of carbonyl (C=O) groups excluding carboxylic acids is 1. The fourth-order valence-electron chi connectivity index (χ4n) is 8.74. The Morgan fingerprint density at radius 3 is 2.41 bits per heavy atom. The fourth-order valence-corrected chi connectivity index (χ4v) is 9.31. The Bertz CT molecular complexity index is 987. The number of esters is 1. The molecule has 0 bridgehead atoms. The van der Waals surface area contributed by atoms with Crippen LogP contribution >= 0.6 is 0 Å². The van der Waals surface area contributed by atoms with E-state index in [1.807, 2.05) is 0 Å². The number of allylic oxidation sites excluding steroid dienone is 2. The standard InChI is InChI=1S/C29H48N2O5Si/c1-19-16-22-23(27(3)13-10-21(30-33-5)17-25(19)27)11-14-28(4)24(22)12-15-29(28,36-20(2)32)26(31-34-6)18-35-37(7,8)9/h17,19,22-24H,10-16,18H2,1-9H3/b30-21+,31-26+/t19-,22+,23-,24-,27+,28-,29-/m0/s1. The van der Waals surface area contributed by atoms with E-state index >= 15 is 0 Å². The van der Waals surface area contributed by atoms with Crippen LogP contribution in [0.2, 0.25) is 19.6 Å². The van der Waals surface area contributed by atoms with Gasteiger partial charge in [-0.2, -0.15) is 0 Å². The van der Waals surface area contributed by atoms with Gasteiger partial charge in [0.2, 0.25) is 0 Å². The molecule has 4 rings (SSSR count). The smallest absolute Gasteiger partial charge is 0.303 e. The summed E-state index contributed by atoms with van der Waals surface area (Å²) in [6.45, 7) is 15.6.